The fraction of sp³-hybridized carbons (Fsp3) is 0.391. The SMILES string of the molecule is CCN1CCN(S(=O)(=O)c2ccc(NC(=O)[C@@H]3CSCN3C(=O)c3ccccc3)cc2)CC1. The summed E-state index contributed by atoms with van der Waals surface area (Å²) in [6.45, 7) is 5.37. The molecule has 4 rings (SSSR count). The van der Waals surface area contributed by atoms with Gasteiger partial charge < -0.3 is 15.1 Å². The van der Waals surface area contributed by atoms with Crippen LogP contribution in [0, 0.1) is 0 Å². The van der Waals surface area contributed by atoms with E-state index in [1.165, 1.54) is 28.2 Å². The maximum Gasteiger partial charge on any atom is 0.255 e. The molecule has 10 heteroatoms. The van der Waals surface area contributed by atoms with Crippen LogP contribution in [0.2, 0.25) is 0 Å². The maximum absolute atomic E-state index is 13.0. The monoisotopic (exact) mass is 488 g/mol. The van der Waals surface area contributed by atoms with E-state index in [4.69, 9.17) is 0 Å². The summed E-state index contributed by atoms with van der Waals surface area (Å²) in [5.41, 5.74) is 1.05. The van der Waals surface area contributed by atoms with Gasteiger partial charge >= 0.3 is 0 Å². The molecule has 1 atom stereocenters. The molecule has 2 aromatic carbocycles. The van der Waals surface area contributed by atoms with E-state index in [0.717, 1.165) is 19.6 Å². The Morgan fingerprint density at radius 3 is 2.30 bits per heavy atom. The zero-order valence-corrected chi connectivity index (χ0v) is 20.1. The van der Waals surface area contributed by atoms with Crippen LogP contribution in [0.1, 0.15) is 17.3 Å². The van der Waals surface area contributed by atoms with Gasteiger partial charge in [0.15, 0.2) is 0 Å². The molecule has 33 heavy (non-hydrogen) atoms. The van der Waals surface area contributed by atoms with Gasteiger partial charge in [-0.1, -0.05) is 25.1 Å². The minimum atomic E-state index is -3.57. The molecule has 2 aliphatic rings. The summed E-state index contributed by atoms with van der Waals surface area (Å²) in [5, 5.41) is 2.83. The highest BCUT2D eigenvalue weighted by Crippen LogP contribution is 2.25. The first kappa shape index (κ1) is 23.7. The van der Waals surface area contributed by atoms with Crippen molar-refractivity contribution in [2.75, 3.05) is 49.7 Å². The summed E-state index contributed by atoms with van der Waals surface area (Å²) in [6.07, 6.45) is 0. The van der Waals surface area contributed by atoms with E-state index in [9.17, 15) is 18.0 Å². The van der Waals surface area contributed by atoms with Gasteiger partial charge in [0, 0.05) is 43.2 Å². The predicted octanol–water partition coefficient (Wildman–Crippen LogP) is 2.17. The normalized spacial score (nSPS) is 20.0. The fourth-order valence-electron chi connectivity index (χ4n) is 3.98. The molecule has 2 saturated heterocycles. The van der Waals surface area contributed by atoms with Crippen molar-refractivity contribution in [2.24, 2.45) is 0 Å². The molecule has 0 saturated carbocycles. The van der Waals surface area contributed by atoms with Crippen molar-refractivity contribution >= 4 is 39.3 Å². The number of carbonyl (C=O) groups excluding carboxylic acids is 2. The molecule has 0 unspecified atom stereocenters. The fourth-order valence-corrected chi connectivity index (χ4v) is 6.55. The predicted molar refractivity (Wildman–Crippen MR) is 130 cm³/mol. The summed E-state index contributed by atoms with van der Waals surface area (Å²) in [7, 11) is -3.57. The Hall–Kier alpha value is -2.40. The molecule has 2 heterocycles. The summed E-state index contributed by atoms with van der Waals surface area (Å²) in [4.78, 5) is 29.7. The minimum Gasteiger partial charge on any atom is -0.324 e. The lowest BCUT2D eigenvalue weighted by atomic mass is 10.1. The maximum atomic E-state index is 13.0. The Balaban J connectivity index is 1.40. The number of anilines is 1. The summed E-state index contributed by atoms with van der Waals surface area (Å²) >= 11 is 1.53. The lowest BCUT2D eigenvalue weighted by Gasteiger charge is -2.33. The van der Waals surface area contributed by atoms with Crippen molar-refractivity contribution in [2.45, 2.75) is 17.9 Å². The molecule has 0 aliphatic carbocycles. The highest BCUT2D eigenvalue weighted by Gasteiger charge is 2.35. The minimum absolute atomic E-state index is 0.176. The summed E-state index contributed by atoms with van der Waals surface area (Å²) in [5.74, 6) is 0.510. The van der Waals surface area contributed by atoms with Crippen LogP contribution < -0.4 is 5.32 Å². The summed E-state index contributed by atoms with van der Waals surface area (Å²) < 4.78 is 27.4. The Labute approximate surface area is 199 Å². The van der Waals surface area contributed by atoms with Gasteiger partial charge in [0.2, 0.25) is 15.9 Å². The Morgan fingerprint density at radius 1 is 1.00 bits per heavy atom. The van der Waals surface area contributed by atoms with Crippen molar-refractivity contribution in [1.82, 2.24) is 14.1 Å². The quantitative estimate of drug-likeness (QED) is 0.670. The molecule has 0 radical (unpaired) electrons. The van der Waals surface area contributed by atoms with E-state index in [-0.39, 0.29) is 16.7 Å². The number of likely N-dealkylation sites (N-methyl/N-ethyl adjacent to an activating group) is 1. The number of thioether (sulfide) groups is 1. The average molecular weight is 489 g/mol. The molecule has 2 fully saturated rings. The van der Waals surface area contributed by atoms with Crippen LogP contribution >= 0.6 is 11.8 Å². The highest BCUT2D eigenvalue weighted by atomic mass is 32.2. The number of rotatable bonds is 6. The van der Waals surface area contributed by atoms with E-state index in [1.807, 2.05) is 6.07 Å². The molecule has 2 aliphatic heterocycles. The van der Waals surface area contributed by atoms with Gasteiger partial charge in [-0.15, -0.1) is 11.8 Å². The Bertz CT molecular complexity index is 1090. The van der Waals surface area contributed by atoms with Gasteiger partial charge in [0.05, 0.1) is 10.8 Å². The third-order valence-electron chi connectivity index (χ3n) is 6.00. The van der Waals surface area contributed by atoms with Gasteiger partial charge in [-0.25, -0.2) is 8.42 Å². The Morgan fingerprint density at radius 2 is 1.67 bits per heavy atom. The molecule has 1 N–H and O–H groups in total. The van der Waals surface area contributed by atoms with Gasteiger partial charge in [-0.3, -0.25) is 9.59 Å². The van der Waals surface area contributed by atoms with Crippen molar-refractivity contribution in [3.8, 4) is 0 Å². The second-order valence-electron chi connectivity index (χ2n) is 8.01. The van der Waals surface area contributed by atoms with Crippen LogP contribution in [0.5, 0.6) is 0 Å². The van der Waals surface area contributed by atoms with Gasteiger partial charge in [0.1, 0.15) is 6.04 Å². The molecule has 0 bridgehead atoms. The van der Waals surface area contributed by atoms with E-state index in [1.54, 1.807) is 41.3 Å². The molecule has 0 aromatic heterocycles. The molecular formula is C23H28N4O4S2. The number of nitrogens with one attached hydrogen (secondary N) is 1. The molecule has 2 amide bonds. The number of nitrogens with zero attached hydrogens (tertiary/aromatic N) is 3. The zero-order valence-electron chi connectivity index (χ0n) is 18.5. The number of carbonyl (C=O) groups is 2. The molecule has 2 aromatic rings. The van der Waals surface area contributed by atoms with Crippen molar-refractivity contribution in [1.29, 1.82) is 0 Å². The molecular weight excluding hydrogens is 460 g/mol. The lowest BCUT2D eigenvalue weighted by molar-refractivity contribution is -0.119. The van der Waals surface area contributed by atoms with Crippen LogP contribution in [-0.4, -0.2) is 84.7 Å². The van der Waals surface area contributed by atoms with Crippen LogP contribution in [-0.2, 0) is 14.8 Å². The van der Waals surface area contributed by atoms with E-state index >= 15 is 0 Å². The van der Waals surface area contributed by atoms with E-state index in [0.29, 0.717) is 36.0 Å². The lowest BCUT2D eigenvalue weighted by Crippen LogP contribution is -2.48. The van der Waals surface area contributed by atoms with Gasteiger partial charge in [-0.05, 0) is 42.9 Å². The van der Waals surface area contributed by atoms with E-state index in [2.05, 4.69) is 17.1 Å². The van der Waals surface area contributed by atoms with Gasteiger partial charge in [0.25, 0.3) is 5.91 Å². The van der Waals surface area contributed by atoms with Crippen LogP contribution in [0.15, 0.2) is 59.5 Å². The number of sulfonamides is 1. The third-order valence-corrected chi connectivity index (χ3v) is 8.93. The van der Waals surface area contributed by atoms with Crippen LogP contribution in [0.3, 0.4) is 0 Å². The Kier molecular flexibility index (Phi) is 7.38. The average Bonchev–Trinajstić information content (AvgIpc) is 3.35. The van der Waals surface area contributed by atoms with Crippen LogP contribution in [0.4, 0.5) is 5.69 Å². The highest BCUT2D eigenvalue weighted by molar-refractivity contribution is 7.99. The number of hydrogen-bond acceptors (Lipinski definition) is 6. The van der Waals surface area contributed by atoms with Crippen molar-refractivity contribution in [3.05, 3.63) is 60.2 Å². The zero-order chi connectivity index (χ0) is 23.4. The number of hydrogen-bond donors (Lipinski definition) is 1. The molecule has 0 spiro atoms. The van der Waals surface area contributed by atoms with Crippen molar-refractivity contribution in [3.63, 3.8) is 0 Å². The third kappa shape index (κ3) is 5.24. The number of benzene rings is 2. The topological polar surface area (TPSA) is 90.0 Å². The second-order valence-corrected chi connectivity index (χ2v) is 10.9. The number of amides is 2. The molecule has 176 valence electrons. The first-order valence-electron chi connectivity index (χ1n) is 11.0. The van der Waals surface area contributed by atoms with Crippen LogP contribution in [0.25, 0.3) is 0 Å². The van der Waals surface area contributed by atoms with Gasteiger partial charge in [-0.2, -0.15) is 4.31 Å². The summed E-state index contributed by atoms with van der Waals surface area (Å²) in [6, 6.07) is 14.6. The largest absolute Gasteiger partial charge is 0.324 e. The second kappa shape index (κ2) is 10.3. The smallest absolute Gasteiger partial charge is 0.255 e. The first-order chi connectivity index (χ1) is 15.9. The first-order valence-corrected chi connectivity index (χ1v) is 13.6. The van der Waals surface area contributed by atoms with E-state index < -0.39 is 16.1 Å². The molecule has 8 nitrogen and oxygen atoms in total. The van der Waals surface area contributed by atoms with Crippen molar-refractivity contribution < 1.29 is 18.0 Å². The number of piperazine rings is 1. The standard InChI is InChI=1S/C23H28N4O4S2/c1-2-25-12-14-26(15-13-25)33(30,31)20-10-8-19(9-11-20)24-22(28)21-16-32-17-27(21)23(29)18-6-4-3-5-7-18/h3-11,21H,2,12-17H2,1H3,(H,24,28)/t21-/m0/s1.